The quantitative estimate of drug-likeness (QED) is 0.0261. The third-order valence-corrected chi connectivity index (χ3v) is 14.3. The molecule has 0 aromatic carbocycles. The minimum Gasteiger partial charge on any atom is -0.462 e. The van der Waals surface area contributed by atoms with Crippen molar-refractivity contribution < 1.29 is 28.6 Å². The lowest BCUT2D eigenvalue weighted by molar-refractivity contribution is -0.167. The Hall–Kier alpha value is -3.67. The van der Waals surface area contributed by atoms with Crippen molar-refractivity contribution >= 4 is 17.9 Å². The van der Waals surface area contributed by atoms with Crippen molar-refractivity contribution in [3.63, 3.8) is 0 Å². The molecule has 0 heterocycles. The fourth-order valence-electron chi connectivity index (χ4n) is 9.33. The molecule has 0 aromatic rings. The molecule has 0 aromatic heterocycles. The zero-order valence-electron chi connectivity index (χ0n) is 51.4. The summed E-state index contributed by atoms with van der Waals surface area (Å²) in [7, 11) is 0. The number of unbranched alkanes of at least 4 members (excludes halogenated alkanes) is 33. The Morgan fingerprint density at radius 1 is 0.269 bits per heavy atom. The molecule has 6 nitrogen and oxygen atoms in total. The highest BCUT2D eigenvalue weighted by atomic mass is 16.6. The van der Waals surface area contributed by atoms with Gasteiger partial charge < -0.3 is 14.2 Å². The van der Waals surface area contributed by atoms with Crippen LogP contribution in [0.3, 0.4) is 0 Å². The largest absolute Gasteiger partial charge is 0.462 e. The topological polar surface area (TPSA) is 78.9 Å². The molecular weight excluding hydrogens is 961 g/mol. The van der Waals surface area contributed by atoms with Crippen molar-refractivity contribution in [2.24, 2.45) is 0 Å². The Kier molecular flexibility index (Phi) is 62.7. The molecule has 0 spiro atoms. The first-order chi connectivity index (χ1) is 38.5. The van der Waals surface area contributed by atoms with Crippen LogP contribution in [0, 0.1) is 0 Å². The minimum absolute atomic E-state index is 0.0818. The summed E-state index contributed by atoms with van der Waals surface area (Å²) in [5, 5.41) is 0. The summed E-state index contributed by atoms with van der Waals surface area (Å²) < 4.78 is 16.9. The molecule has 0 saturated carbocycles. The summed E-state index contributed by atoms with van der Waals surface area (Å²) in [5.41, 5.74) is 0. The lowest BCUT2D eigenvalue weighted by Gasteiger charge is -2.18. The zero-order valence-corrected chi connectivity index (χ0v) is 51.4. The van der Waals surface area contributed by atoms with E-state index in [0.29, 0.717) is 19.3 Å². The van der Waals surface area contributed by atoms with Crippen LogP contribution in [0.1, 0.15) is 323 Å². The average Bonchev–Trinajstić information content (AvgIpc) is 3.44. The highest BCUT2D eigenvalue weighted by Crippen LogP contribution is 2.16. The van der Waals surface area contributed by atoms with Crippen LogP contribution < -0.4 is 0 Å². The summed E-state index contributed by atoms with van der Waals surface area (Å²) in [6.45, 7) is 6.48. The Morgan fingerprint density at radius 3 is 0.846 bits per heavy atom. The molecule has 0 radical (unpaired) electrons. The first-order valence-electron chi connectivity index (χ1n) is 33.2. The highest BCUT2D eigenvalue weighted by molar-refractivity contribution is 5.71. The number of hydrogen-bond donors (Lipinski definition) is 0. The summed E-state index contributed by atoms with van der Waals surface area (Å²) in [5.74, 6) is -0.888. The van der Waals surface area contributed by atoms with Gasteiger partial charge in [-0.05, 0) is 116 Å². The second-order valence-electron chi connectivity index (χ2n) is 22.0. The second kappa shape index (κ2) is 65.8. The smallest absolute Gasteiger partial charge is 0.306 e. The van der Waals surface area contributed by atoms with E-state index >= 15 is 0 Å². The van der Waals surface area contributed by atoms with Gasteiger partial charge in [0.25, 0.3) is 0 Å². The molecule has 0 bridgehead atoms. The third-order valence-electron chi connectivity index (χ3n) is 14.3. The number of esters is 3. The van der Waals surface area contributed by atoms with Gasteiger partial charge in [-0.15, -0.1) is 0 Å². The van der Waals surface area contributed by atoms with Crippen LogP contribution in [0.2, 0.25) is 0 Å². The van der Waals surface area contributed by atoms with Gasteiger partial charge >= 0.3 is 17.9 Å². The third kappa shape index (κ3) is 63.2. The van der Waals surface area contributed by atoms with Crippen LogP contribution >= 0.6 is 0 Å². The van der Waals surface area contributed by atoms with E-state index in [0.717, 1.165) is 109 Å². The van der Waals surface area contributed by atoms with Gasteiger partial charge in [0.1, 0.15) is 13.2 Å². The second-order valence-corrected chi connectivity index (χ2v) is 22.0. The summed E-state index contributed by atoms with van der Waals surface area (Å²) in [6.07, 6.45) is 88.6. The van der Waals surface area contributed by atoms with E-state index in [2.05, 4.69) is 118 Å². The van der Waals surface area contributed by atoms with Crippen molar-refractivity contribution in [3.05, 3.63) is 97.2 Å². The van der Waals surface area contributed by atoms with Crippen LogP contribution in [0.4, 0.5) is 0 Å². The van der Waals surface area contributed by atoms with Crippen molar-refractivity contribution in [3.8, 4) is 0 Å². The maximum Gasteiger partial charge on any atom is 0.306 e. The van der Waals surface area contributed by atoms with Crippen molar-refractivity contribution in [1.82, 2.24) is 0 Å². The SMILES string of the molecule is CC/C=C\C/C=C\C/C=C\C/C=C\C/C=C\C/C=C\CCCCCCCCCCCCC(=O)OCC(COC(=O)CCCCCCC/C=C\CCC)OC(=O)CCCCCCCCCCC/C=C\CCCCCCCCCC. The maximum absolute atomic E-state index is 12.9. The monoisotopic (exact) mass is 1080 g/mol. The van der Waals surface area contributed by atoms with Gasteiger partial charge in [0.2, 0.25) is 0 Å². The molecule has 0 aliphatic heterocycles. The summed E-state index contributed by atoms with van der Waals surface area (Å²) in [6, 6.07) is 0. The van der Waals surface area contributed by atoms with Gasteiger partial charge in [0.05, 0.1) is 0 Å². The zero-order chi connectivity index (χ0) is 56.4. The van der Waals surface area contributed by atoms with Gasteiger partial charge in [-0.25, -0.2) is 0 Å². The van der Waals surface area contributed by atoms with E-state index in [9.17, 15) is 14.4 Å². The first kappa shape index (κ1) is 74.3. The molecule has 448 valence electrons. The predicted molar refractivity (Wildman–Crippen MR) is 339 cm³/mol. The molecule has 0 aliphatic carbocycles. The van der Waals surface area contributed by atoms with Gasteiger partial charge in [-0.2, -0.15) is 0 Å². The van der Waals surface area contributed by atoms with Crippen LogP contribution in [0.5, 0.6) is 0 Å². The predicted octanol–water partition coefficient (Wildman–Crippen LogP) is 22.8. The molecule has 1 unspecified atom stereocenters. The van der Waals surface area contributed by atoms with Crippen LogP contribution in [-0.4, -0.2) is 37.2 Å². The number of allylic oxidation sites excluding steroid dienone is 16. The lowest BCUT2D eigenvalue weighted by Crippen LogP contribution is -2.30. The van der Waals surface area contributed by atoms with Crippen molar-refractivity contribution in [1.29, 1.82) is 0 Å². The Labute approximate surface area is 483 Å². The van der Waals surface area contributed by atoms with Gasteiger partial charge in [0, 0.05) is 19.3 Å². The molecule has 0 fully saturated rings. The molecule has 0 aliphatic rings. The Morgan fingerprint density at radius 2 is 0.526 bits per heavy atom. The van der Waals surface area contributed by atoms with Gasteiger partial charge in [-0.3, -0.25) is 14.4 Å². The molecule has 0 N–H and O–H groups in total. The maximum atomic E-state index is 12.9. The minimum atomic E-state index is -0.784. The van der Waals surface area contributed by atoms with Crippen molar-refractivity contribution in [2.75, 3.05) is 13.2 Å². The molecule has 6 heteroatoms. The van der Waals surface area contributed by atoms with Crippen LogP contribution in [0.15, 0.2) is 97.2 Å². The highest BCUT2D eigenvalue weighted by Gasteiger charge is 2.19. The van der Waals surface area contributed by atoms with Gasteiger partial charge in [-0.1, -0.05) is 285 Å². The Bertz CT molecular complexity index is 1530. The van der Waals surface area contributed by atoms with Crippen LogP contribution in [-0.2, 0) is 28.6 Å². The first-order valence-corrected chi connectivity index (χ1v) is 33.2. The summed E-state index contributed by atoms with van der Waals surface area (Å²) in [4.78, 5) is 38.3. The molecular formula is C72H124O6. The van der Waals surface area contributed by atoms with Gasteiger partial charge in [0.15, 0.2) is 6.10 Å². The van der Waals surface area contributed by atoms with E-state index in [4.69, 9.17) is 14.2 Å². The number of ether oxygens (including phenoxy) is 3. The number of carbonyl (C=O) groups excluding carboxylic acids is 3. The molecule has 0 amide bonds. The number of carbonyl (C=O) groups is 3. The molecule has 0 saturated heterocycles. The van der Waals surface area contributed by atoms with E-state index in [1.165, 1.54) is 173 Å². The van der Waals surface area contributed by atoms with E-state index in [1.54, 1.807) is 0 Å². The van der Waals surface area contributed by atoms with Crippen molar-refractivity contribution in [2.45, 2.75) is 329 Å². The van der Waals surface area contributed by atoms with E-state index in [1.807, 2.05) is 0 Å². The van der Waals surface area contributed by atoms with Crippen LogP contribution in [0.25, 0.3) is 0 Å². The average molecular weight is 1090 g/mol. The van der Waals surface area contributed by atoms with E-state index < -0.39 is 6.10 Å². The molecule has 78 heavy (non-hydrogen) atoms. The van der Waals surface area contributed by atoms with E-state index in [-0.39, 0.29) is 31.1 Å². The standard InChI is InChI=1S/C72H124O6/c1-4-7-10-13-16-19-22-24-26-28-30-32-33-34-35-36-37-38-39-41-42-44-46-48-50-53-56-59-62-65-71(74)77-68-69(67-76-70(73)64-61-58-55-52-21-18-15-12-9-6-3)78-72(75)66-63-60-57-54-51-49-47-45-43-40-31-29-27-25-23-20-17-14-11-8-5-2/h7,10,12,15-16,19,24,26,29-32,34-35,37-38,69H,4-6,8-9,11,13-14,17-18,20-23,25,27-28,33,36,39-68H2,1-3H3/b10-7-,15-12-,19-16-,26-24-,31-29-,32-30-,35-34-,38-37-. The number of hydrogen-bond acceptors (Lipinski definition) is 6. The number of rotatable bonds is 60. The lowest BCUT2D eigenvalue weighted by atomic mass is 10.0. The molecule has 0 rings (SSSR count). The fraction of sp³-hybridized carbons (Fsp3) is 0.736. The fourth-order valence-corrected chi connectivity index (χ4v) is 9.33. The molecule has 1 atom stereocenters. The Balaban J connectivity index is 4.23. The summed E-state index contributed by atoms with van der Waals surface area (Å²) >= 11 is 0. The normalized spacial score (nSPS) is 12.7.